The molecule has 1 N–H and O–H groups in total. The molecule has 0 amide bonds. The van der Waals surface area contributed by atoms with Crippen LogP contribution in [-0.2, 0) is 26.0 Å². The van der Waals surface area contributed by atoms with Crippen molar-refractivity contribution in [2.45, 2.75) is 19.3 Å². The molecule has 0 aliphatic carbocycles. The minimum Gasteiger partial charge on any atom is -0.457 e. The van der Waals surface area contributed by atoms with Crippen LogP contribution in [0.1, 0.15) is 37.7 Å². The van der Waals surface area contributed by atoms with Gasteiger partial charge in [-0.3, -0.25) is 14.4 Å². The third-order valence-corrected chi connectivity index (χ3v) is 5.60. The first-order chi connectivity index (χ1) is 13.2. The molecule has 0 saturated heterocycles. The summed E-state index contributed by atoms with van der Waals surface area (Å²) in [6.45, 7) is -0.142. The fraction of sp³-hybridized carbons (Fsp3) is 0.316. The molecule has 0 unspecified atom stereocenters. The Kier molecular flexibility index (Phi) is 8.04. The van der Waals surface area contributed by atoms with Gasteiger partial charge in [0.25, 0.3) is 0 Å². The van der Waals surface area contributed by atoms with Gasteiger partial charge in [0.15, 0.2) is 12.4 Å². The average molecular weight is 424 g/mol. The zero-order chi connectivity index (χ0) is 20.6. The van der Waals surface area contributed by atoms with Gasteiger partial charge in [0.1, 0.15) is 0 Å². The second-order valence-corrected chi connectivity index (χ2v) is 9.06. The van der Waals surface area contributed by atoms with Gasteiger partial charge >= 0.3 is 5.97 Å². The maximum Gasteiger partial charge on any atom is 0.306 e. The molecule has 0 aliphatic rings. The van der Waals surface area contributed by atoms with Crippen LogP contribution in [0.2, 0.25) is 0 Å². The summed E-state index contributed by atoms with van der Waals surface area (Å²) in [6.07, 6.45) is 1.48. The van der Waals surface area contributed by atoms with Gasteiger partial charge in [0, 0.05) is 23.4 Å². The molecule has 2 aromatic rings. The number of hydrogen-bond acceptors (Lipinski definition) is 7. The summed E-state index contributed by atoms with van der Waals surface area (Å²) < 4.78 is 29.4. The van der Waals surface area contributed by atoms with E-state index in [-0.39, 0.29) is 37.6 Å². The lowest BCUT2D eigenvalue weighted by Gasteiger charge is -2.03. The fourth-order valence-electron chi connectivity index (χ4n) is 2.30. The fourth-order valence-corrected chi connectivity index (χ4v) is 3.70. The van der Waals surface area contributed by atoms with Gasteiger partial charge in [0.2, 0.25) is 15.8 Å². The summed E-state index contributed by atoms with van der Waals surface area (Å²) in [7, 11) is -3.25. The Morgan fingerprint density at radius 1 is 1.00 bits per heavy atom. The molecule has 0 fully saturated rings. The quantitative estimate of drug-likeness (QED) is 0.439. The zero-order valence-electron chi connectivity index (χ0n) is 15.3. The van der Waals surface area contributed by atoms with E-state index >= 15 is 0 Å². The number of sulfonamides is 1. The minimum atomic E-state index is -3.25. The predicted molar refractivity (Wildman–Crippen MR) is 106 cm³/mol. The molecule has 0 atom stereocenters. The summed E-state index contributed by atoms with van der Waals surface area (Å²) in [5.74, 6) is -1.10. The van der Waals surface area contributed by atoms with Crippen molar-refractivity contribution in [1.82, 2.24) is 4.72 Å². The monoisotopic (exact) mass is 423 g/mol. The lowest BCUT2D eigenvalue weighted by atomic mass is 10.1. The number of benzene rings is 1. The first-order valence-corrected chi connectivity index (χ1v) is 11.3. The lowest BCUT2D eigenvalue weighted by Crippen LogP contribution is -2.24. The van der Waals surface area contributed by atoms with Crippen LogP contribution in [0.5, 0.6) is 0 Å². The van der Waals surface area contributed by atoms with E-state index in [1.165, 1.54) is 11.3 Å². The molecule has 1 aromatic heterocycles. The van der Waals surface area contributed by atoms with Crippen molar-refractivity contribution in [3.05, 3.63) is 57.8 Å². The Bertz CT molecular complexity index is 934. The number of Topliss-reactive ketones (excluding diaryl/α,β-unsaturated/α-hetero) is 2. The molecule has 0 aliphatic heterocycles. The van der Waals surface area contributed by atoms with E-state index in [2.05, 4.69) is 4.72 Å². The molecular formula is C19H21NO6S2. The molecule has 0 radical (unpaired) electrons. The van der Waals surface area contributed by atoms with Gasteiger partial charge in [-0.25, -0.2) is 13.1 Å². The highest BCUT2D eigenvalue weighted by atomic mass is 32.2. The van der Waals surface area contributed by atoms with Crippen LogP contribution in [0.15, 0.2) is 42.5 Å². The minimum absolute atomic E-state index is 0.0214. The van der Waals surface area contributed by atoms with Crippen LogP contribution in [-0.4, -0.2) is 45.4 Å². The molecule has 150 valence electrons. The topological polar surface area (TPSA) is 107 Å². The van der Waals surface area contributed by atoms with Crippen molar-refractivity contribution in [1.29, 1.82) is 0 Å². The number of carbonyl (C=O) groups is 3. The third kappa shape index (κ3) is 7.71. The predicted octanol–water partition coefficient (Wildman–Crippen LogP) is 2.23. The maximum atomic E-state index is 12.1. The number of esters is 1. The van der Waals surface area contributed by atoms with Crippen LogP contribution < -0.4 is 4.72 Å². The molecule has 0 bridgehead atoms. The second-order valence-electron chi connectivity index (χ2n) is 6.06. The smallest absolute Gasteiger partial charge is 0.306 e. The normalized spacial score (nSPS) is 11.2. The Hall–Kier alpha value is -2.36. The number of ketones is 2. The van der Waals surface area contributed by atoms with Crippen molar-refractivity contribution in [2.24, 2.45) is 0 Å². The van der Waals surface area contributed by atoms with Crippen LogP contribution in [0.4, 0.5) is 0 Å². The molecule has 0 spiro atoms. The van der Waals surface area contributed by atoms with E-state index in [0.717, 1.165) is 11.1 Å². The number of nitrogens with one attached hydrogen (secondary N) is 1. The van der Waals surface area contributed by atoms with Gasteiger partial charge in [0.05, 0.1) is 17.6 Å². The largest absolute Gasteiger partial charge is 0.457 e. The van der Waals surface area contributed by atoms with E-state index in [0.29, 0.717) is 16.9 Å². The van der Waals surface area contributed by atoms with Gasteiger partial charge in [-0.1, -0.05) is 30.3 Å². The van der Waals surface area contributed by atoms with E-state index in [9.17, 15) is 22.8 Å². The van der Waals surface area contributed by atoms with E-state index < -0.39 is 16.0 Å². The number of ether oxygens (including phenoxy) is 1. The third-order valence-electron chi connectivity index (χ3n) is 3.69. The molecule has 28 heavy (non-hydrogen) atoms. The molecule has 9 heteroatoms. The van der Waals surface area contributed by atoms with Crippen molar-refractivity contribution in [3.63, 3.8) is 0 Å². The zero-order valence-corrected chi connectivity index (χ0v) is 17.0. The average Bonchev–Trinajstić information content (AvgIpc) is 3.12. The second kappa shape index (κ2) is 10.3. The Morgan fingerprint density at radius 2 is 1.71 bits per heavy atom. The highest BCUT2D eigenvalue weighted by Gasteiger charge is 2.14. The number of rotatable bonds is 11. The van der Waals surface area contributed by atoms with Crippen LogP contribution in [0.3, 0.4) is 0 Å². The van der Waals surface area contributed by atoms with Gasteiger partial charge in [-0.15, -0.1) is 11.3 Å². The molecule has 2 rings (SSSR count). The maximum absolute atomic E-state index is 12.1. The molecule has 1 heterocycles. The Morgan fingerprint density at radius 3 is 2.39 bits per heavy atom. The summed E-state index contributed by atoms with van der Waals surface area (Å²) in [5, 5.41) is 0. The Balaban J connectivity index is 1.73. The summed E-state index contributed by atoms with van der Waals surface area (Å²) in [4.78, 5) is 37.1. The number of thiophene rings is 1. The van der Waals surface area contributed by atoms with Crippen LogP contribution in [0, 0.1) is 0 Å². The van der Waals surface area contributed by atoms with Crippen molar-refractivity contribution >= 4 is 38.9 Å². The number of hydrogen-bond donors (Lipinski definition) is 1. The van der Waals surface area contributed by atoms with Crippen molar-refractivity contribution in [3.8, 4) is 0 Å². The highest BCUT2D eigenvalue weighted by Crippen LogP contribution is 2.18. The van der Waals surface area contributed by atoms with Gasteiger partial charge in [-0.05, 0) is 18.6 Å². The molecule has 0 saturated carbocycles. The Labute approximate surface area is 167 Å². The summed E-state index contributed by atoms with van der Waals surface area (Å²) >= 11 is 1.23. The summed E-state index contributed by atoms with van der Waals surface area (Å²) in [6, 6.07) is 12.0. The molecule has 7 nitrogen and oxygen atoms in total. The molecular weight excluding hydrogens is 402 g/mol. The van der Waals surface area contributed by atoms with Gasteiger partial charge < -0.3 is 4.74 Å². The summed E-state index contributed by atoms with van der Waals surface area (Å²) in [5.41, 5.74) is 0.530. The van der Waals surface area contributed by atoms with Crippen LogP contribution in [0.25, 0.3) is 0 Å². The first kappa shape index (κ1) is 21.9. The number of carbonyl (C=O) groups excluding carboxylic acids is 3. The first-order valence-electron chi connectivity index (χ1n) is 8.55. The lowest BCUT2D eigenvalue weighted by molar-refractivity contribution is -0.142. The van der Waals surface area contributed by atoms with Gasteiger partial charge in [-0.2, -0.15) is 0 Å². The standard InChI is InChI=1S/C19H21NO6S2/c1-28(24,25)20-12-11-15-7-9-18(27-15)17(22)13-26-19(23)10-8-16(21)14-5-3-2-4-6-14/h2-7,9,20H,8,10-13H2,1H3. The van der Waals surface area contributed by atoms with E-state index in [4.69, 9.17) is 4.74 Å². The highest BCUT2D eigenvalue weighted by molar-refractivity contribution is 7.88. The van der Waals surface area contributed by atoms with E-state index in [1.807, 2.05) is 0 Å². The van der Waals surface area contributed by atoms with Crippen LogP contribution >= 0.6 is 11.3 Å². The van der Waals surface area contributed by atoms with E-state index in [1.54, 1.807) is 42.5 Å². The van der Waals surface area contributed by atoms with Crippen molar-refractivity contribution < 1.29 is 27.5 Å². The SMILES string of the molecule is CS(=O)(=O)NCCc1ccc(C(=O)COC(=O)CCC(=O)c2ccccc2)s1. The van der Waals surface area contributed by atoms with Crippen molar-refractivity contribution in [2.75, 3.05) is 19.4 Å². The molecule has 1 aromatic carbocycles.